The molecule has 6 heteroatoms. The Bertz CT molecular complexity index is 1140. The lowest BCUT2D eigenvalue weighted by atomic mass is 10.1. The third-order valence-corrected chi connectivity index (χ3v) is 5.41. The van der Waals surface area contributed by atoms with E-state index in [0.29, 0.717) is 18.2 Å². The zero-order valence-corrected chi connectivity index (χ0v) is 18.2. The molecule has 4 rings (SSSR count). The second-order valence-corrected chi connectivity index (χ2v) is 8.28. The van der Waals surface area contributed by atoms with Gasteiger partial charge in [0.15, 0.2) is 0 Å². The SMILES string of the molecule is CCCOc1ccc2c(C#N)c(-c3ccc(NC(=O)NC4CC4)cc3)n(C(C)C)c2c1. The highest BCUT2D eigenvalue weighted by molar-refractivity contribution is 5.96. The highest BCUT2D eigenvalue weighted by Crippen LogP contribution is 2.38. The molecule has 6 nitrogen and oxygen atoms in total. The average Bonchev–Trinajstić information content (AvgIpc) is 3.50. The molecule has 160 valence electrons. The number of nitrogens with one attached hydrogen (secondary N) is 2. The van der Waals surface area contributed by atoms with Gasteiger partial charge in [0.05, 0.1) is 23.4 Å². The number of carbonyl (C=O) groups is 1. The summed E-state index contributed by atoms with van der Waals surface area (Å²) in [6.45, 7) is 6.97. The van der Waals surface area contributed by atoms with E-state index in [4.69, 9.17) is 4.74 Å². The fourth-order valence-corrected chi connectivity index (χ4v) is 3.82. The van der Waals surface area contributed by atoms with Crippen LogP contribution in [0.1, 0.15) is 51.6 Å². The van der Waals surface area contributed by atoms with Gasteiger partial charge in [-0.05, 0) is 62.9 Å². The van der Waals surface area contributed by atoms with Crippen molar-refractivity contribution in [3.63, 3.8) is 0 Å². The second kappa shape index (κ2) is 8.73. The smallest absolute Gasteiger partial charge is 0.319 e. The van der Waals surface area contributed by atoms with E-state index in [9.17, 15) is 10.1 Å². The zero-order valence-electron chi connectivity index (χ0n) is 18.2. The van der Waals surface area contributed by atoms with E-state index in [1.54, 1.807) is 0 Å². The Hall–Kier alpha value is -3.46. The maximum atomic E-state index is 12.0. The number of rotatable bonds is 7. The number of ether oxygens (including phenoxy) is 1. The molecule has 2 N–H and O–H groups in total. The van der Waals surface area contributed by atoms with Crippen LogP contribution >= 0.6 is 0 Å². The number of fused-ring (bicyclic) bond motifs is 1. The Morgan fingerprint density at radius 3 is 2.58 bits per heavy atom. The summed E-state index contributed by atoms with van der Waals surface area (Å²) in [4.78, 5) is 12.0. The highest BCUT2D eigenvalue weighted by Gasteiger charge is 2.23. The third kappa shape index (κ3) is 4.36. The topological polar surface area (TPSA) is 79.1 Å². The number of carbonyl (C=O) groups excluding carboxylic acids is 1. The average molecular weight is 417 g/mol. The number of aromatic nitrogens is 1. The minimum Gasteiger partial charge on any atom is -0.494 e. The van der Waals surface area contributed by atoms with Gasteiger partial charge in [0, 0.05) is 29.2 Å². The van der Waals surface area contributed by atoms with E-state index in [1.165, 1.54) is 0 Å². The number of urea groups is 1. The Morgan fingerprint density at radius 2 is 1.97 bits per heavy atom. The van der Waals surface area contributed by atoms with Crippen molar-refractivity contribution in [2.75, 3.05) is 11.9 Å². The molecule has 1 fully saturated rings. The number of nitrogens with zero attached hydrogens (tertiary/aromatic N) is 2. The van der Waals surface area contributed by atoms with Crippen molar-refractivity contribution in [2.45, 2.75) is 52.1 Å². The summed E-state index contributed by atoms with van der Waals surface area (Å²) in [7, 11) is 0. The normalized spacial score (nSPS) is 13.3. The van der Waals surface area contributed by atoms with Crippen LogP contribution in [0.5, 0.6) is 5.75 Å². The van der Waals surface area contributed by atoms with Crippen LogP contribution in [0.4, 0.5) is 10.5 Å². The van der Waals surface area contributed by atoms with Gasteiger partial charge < -0.3 is 19.9 Å². The molecule has 31 heavy (non-hydrogen) atoms. The molecule has 0 aliphatic heterocycles. The minimum absolute atomic E-state index is 0.156. The van der Waals surface area contributed by atoms with Gasteiger partial charge in [0.2, 0.25) is 0 Å². The zero-order chi connectivity index (χ0) is 22.0. The standard InChI is InChI=1S/C25H28N4O2/c1-4-13-31-20-11-12-21-22(15-26)24(29(16(2)3)23(21)14-20)17-5-7-18(8-6-17)27-25(30)28-19-9-10-19/h5-8,11-12,14,16,19H,4,9-10,13H2,1-3H3,(H2,27,28,30). The van der Waals surface area contributed by atoms with Crippen molar-refractivity contribution >= 4 is 22.6 Å². The van der Waals surface area contributed by atoms with Gasteiger partial charge in [0.1, 0.15) is 11.8 Å². The summed E-state index contributed by atoms with van der Waals surface area (Å²) < 4.78 is 8.02. The number of hydrogen-bond donors (Lipinski definition) is 2. The van der Waals surface area contributed by atoms with Gasteiger partial charge in [-0.25, -0.2) is 4.79 Å². The van der Waals surface area contributed by atoms with Crippen molar-refractivity contribution in [2.24, 2.45) is 0 Å². The van der Waals surface area contributed by atoms with Crippen LogP contribution in [0, 0.1) is 11.3 Å². The van der Waals surface area contributed by atoms with Crippen LogP contribution in [-0.4, -0.2) is 23.2 Å². The molecule has 0 bridgehead atoms. The quantitative estimate of drug-likeness (QED) is 0.508. The monoisotopic (exact) mass is 416 g/mol. The molecular formula is C25H28N4O2. The van der Waals surface area contributed by atoms with Gasteiger partial charge >= 0.3 is 6.03 Å². The van der Waals surface area contributed by atoms with E-state index in [0.717, 1.165) is 52.9 Å². The Morgan fingerprint density at radius 1 is 1.23 bits per heavy atom. The van der Waals surface area contributed by atoms with Gasteiger partial charge in [-0.2, -0.15) is 5.26 Å². The second-order valence-electron chi connectivity index (χ2n) is 8.28. The van der Waals surface area contributed by atoms with Crippen LogP contribution in [0.25, 0.3) is 22.2 Å². The molecule has 0 radical (unpaired) electrons. The summed E-state index contributed by atoms with van der Waals surface area (Å²) in [5.74, 6) is 0.811. The molecule has 0 unspecified atom stereocenters. The Kier molecular flexibility index (Phi) is 5.85. The molecular weight excluding hydrogens is 388 g/mol. The first kappa shape index (κ1) is 20.8. The van der Waals surface area contributed by atoms with Crippen LogP contribution in [0.2, 0.25) is 0 Å². The lowest BCUT2D eigenvalue weighted by Gasteiger charge is -2.16. The summed E-state index contributed by atoms with van der Waals surface area (Å²) in [5.41, 5.74) is 4.18. The van der Waals surface area contributed by atoms with Crippen molar-refractivity contribution in [3.05, 3.63) is 48.0 Å². The summed E-state index contributed by atoms with van der Waals surface area (Å²) in [6, 6.07) is 16.3. The van der Waals surface area contributed by atoms with E-state index >= 15 is 0 Å². The third-order valence-electron chi connectivity index (χ3n) is 5.41. The first-order chi connectivity index (χ1) is 15.0. The molecule has 1 aliphatic carbocycles. The summed E-state index contributed by atoms with van der Waals surface area (Å²) >= 11 is 0. The molecule has 3 aromatic rings. The van der Waals surface area contributed by atoms with E-state index in [1.807, 2.05) is 42.5 Å². The molecule has 1 aliphatic rings. The van der Waals surface area contributed by atoms with Crippen LogP contribution in [0.15, 0.2) is 42.5 Å². The van der Waals surface area contributed by atoms with Crippen molar-refractivity contribution in [1.82, 2.24) is 9.88 Å². The van der Waals surface area contributed by atoms with Crippen molar-refractivity contribution < 1.29 is 9.53 Å². The number of hydrogen-bond acceptors (Lipinski definition) is 3. The van der Waals surface area contributed by atoms with Crippen LogP contribution in [-0.2, 0) is 0 Å². The van der Waals surface area contributed by atoms with Gasteiger partial charge in [-0.1, -0.05) is 19.1 Å². The number of amides is 2. The van der Waals surface area contributed by atoms with E-state index in [-0.39, 0.29) is 12.1 Å². The number of anilines is 1. The molecule has 1 heterocycles. The molecule has 2 aromatic carbocycles. The van der Waals surface area contributed by atoms with Gasteiger partial charge in [-0.15, -0.1) is 0 Å². The first-order valence-corrected chi connectivity index (χ1v) is 10.9. The van der Waals surface area contributed by atoms with Crippen molar-refractivity contribution in [1.29, 1.82) is 5.26 Å². The fraction of sp³-hybridized carbons (Fsp3) is 0.360. The summed E-state index contributed by atoms with van der Waals surface area (Å²) in [5, 5.41) is 16.7. The van der Waals surface area contributed by atoms with Crippen molar-refractivity contribution in [3.8, 4) is 23.1 Å². The molecule has 0 spiro atoms. The lowest BCUT2D eigenvalue weighted by Crippen LogP contribution is -2.30. The summed E-state index contributed by atoms with van der Waals surface area (Å²) in [6.07, 6.45) is 3.04. The molecule has 0 atom stereocenters. The predicted octanol–water partition coefficient (Wildman–Crippen LogP) is 5.83. The highest BCUT2D eigenvalue weighted by atomic mass is 16.5. The van der Waals surface area contributed by atoms with E-state index in [2.05, 4.69) is 42.0 Å². The molecule has 1 aromatic heterocycles. The van der Waals surface area contributed by atoms with Crippen LogP contribution < -0.4 is 15.4 Å². The maximum Gasteiger partial charge on any atom is 0.319 e. The first-order valence-electron chi connectivity index (χ1n) is 10.9. The lowest BCUT2D eigenvalue weighted by molar-refractivity contribution is 0.251. The molecule has 2 amide bonds. The predicted molar refractivity (Wildman–Crippen MR) is 123 cm³/mol. The fourth-order valence-electron chi connectivity index (χ4n) is 3.82. The number of benzene rings is 2. The van der Waals surface area contributed by atoms with Crippen LogP contribution in [0.3, 0.4) is 0 Å². The minimum atomic E-state index is -0.177. The maximum absolute atomic E-state index is 12.0. The van der Waals surface area contributed by atoms with Gasteiger partial charge in [0.25, 0.3) is 0 Å². The Balaban J connectivity index is 1.72. The van der Waals surface area contributed by atoms with Gasteiger partial charge in [-0.3, -0.25) is 0 Å². The molecule has 0 saturated heterocycles. The largest absolute Gasteiger partial charge is 0.494 e. The molecule has 1 saturated carbocycles. The number of nitriles is 1. The van der Waals surface area contributed by atoms with E-state index < -0.39 is 0 Å². The Labute approximate surface area is 182 Å².